The minimum Gasteiger partial charge on any atom is -1.00 e. The van der Waals surface area contributed by atoms with Crippen molar-refractivity contribution in [2.45, 2.75) is 46.5 Å². The van der Waals surface area contributed by atoms with Crippen LogP contribution in [0.25, 0.3) is 0 Å². The van der Waals surface area contributed by atoms with Gasteiger partial charge in [0.25, 0.3) is 0 Å². The molecule has 0 nitrogen and oxygen atoms in total. The predicted octanol–water partition coefficient (Wildman–Crippen LogP) is 0.339. The van der Waals surface area contributed by atoms with Crippen molar-refractivity contribution in [1.82, 2.24) is 0 Å². The van der Waals surface area contributed by atoms with Crippen molar-refractivity contribution in [1.29, 1.82) is 0 Å². The first-order chi connectivity index (χ1) is 3.77. The molecule has 0 amide bonds. The van der Waals surface area contributed by atoms with Gasteiger partial charge in [0, 0.05) is 0 Å². The molecule has 0 bridgehead atoms. The molecule has 0 rings (SSSR count). The Kier molecular flexibility index (Phi) is 12.7. The quantitative estimate of drug-likeness (QED) is 0.388. The third-order valence-corrected chi connectivity index (χ3v) is 1.39. The molecule has 0 aliphatic rings. The molecule has 0 aliphatic heterocycles. The zero-order chi connectivity index (χ0) is 6.41. The molecule has 0 fully saturated rings. The molecular weight excluding hydrogens is 119 g/mol. The molecule has 0 saturated carbocycles. The van der Waals surface area contributed by atoms with Crippen LogP contribution in [-0.2, 0) is 0 Å². The molecule has 1 heteroatoms. The Morgan fingerprint density at radius 3 is 2.11 bits per heavy atom. The van der Waals surface area contributed by atoms with Crippen LogP contribution in [0.5, 0.6) is 0 Å². The van der Waals surface area contributed by atoms with E-state index in [-0.39, 0.29) is 31.0 Å². The molecule has 52 valence electrons. The van der Waals surface area contributed by atoms with E-state index in [0.29, 0.717) is 0 Å². The molecule has 0 aromatic rings. The summed E-state index contributed by atoms with van der Waals surface area (Å²) in [5, 5.41) is 0. The third kappa shape index (κ3) is 12.2. The molecule has 0 aliphatic carbocycles. The summed E-state index contributed by atoms with van der Waals surface area (Å²) in [7, 11) is 0. The van der Waals surface area contributed by atoms with Gasteiger partial charge in [-0.25, -0.2) is 0 Å². The van der Waals surface area contributed by atoms with Crippen molar-refractivity contribution in [3.8, 4) is 0 Å². The molecule has 9 heavy (non-hydrogen) atoms. The minimum absolute atomic E-state index is 0. The van der Waals surface area contributed by atoms with E-state index in [1.165, 1.54) is 25.7 Å². The maximum Gasteiger partial charge on any atom is 1.00 e. The molecule has 0 N–H and O–H groups in total. The average molecular weight is 138 g/mol. The average Bonchev–Trinajstić information content (AvgIpc) is 1.66. The zero-order valence-electron chi connectivity index (χ0n) is 8.41. The Labute approximate surface area is 83.2 Å². The summed E-state index contributed by atoms with van der Waals surface area (Å²) < 4.78 is 0. The van der Waals surface area contributed by atoms with Gasteiger partial charge in [-0.05, 0) is 5.92 Å². The Bertz CT molecular complexity index is 46.5. The van der Waals surface area contributed by atoms with Crippen LogP contribution in [0.15, 0.2) is 0 Å². The maximum atomic E-state index is 2.29. The summed E-state index contributed by atoms with van der Waals surface area (Å²) in [4.78, 5) is 0. The fraction of sp³-hybridized carbons (Fsp3) is 1.00. The molecule has 0 aromatic carbocycles. The summed E-state index contributed by atoms with van der Waals surface area (Å²) in [6.07, 6.45) is 5.60. The summed E-state index contributed by atoms with van der Waals surface area (Å²) >= 11 is 0. The number of hydrogen-bond donors (Lipinski definition) is 0. The Morgan fingerprint density at radius 1 is 1.22 bits per heavy atom. The van der Waals surface area contributed by atoms with E-state index in [1.54, 1.807) is 0 Å². The molecule has 0 atom stereocenters. The van der Waals surface area contributed by atoms with E-state index in [9.17, 15) is 0 Å². The smallest absolute Gasteiger partial charge is 1.00 e. The first-order valence-electron chi connectivity index (χ1n) is 3.77. The van der Waals surface area contributed by atoms with E-state index in [0.717, 1.165) is 5.92 Å². The summed E-state index contributed by atoms with van der Waals surface area (Å²) in [6.45, 7) is 6.83. The zero-order valence-corrected chi connectivity index (χ0v) is 9.41. The van der Waals surface area contributed by atoms with Gasteiger partial charge < -0.3 is 1.43 Å². The molecule has 0 radical (unpaired) electrons. The topological polar surface area (TPSA) is 0 Å². The molecule has 0 spiro atoms. The van der Waals surface area contributed by atoms with Crippen LogP contribution in [0.1, 0.15) is 47.9 Å². The molecule has 0 aromatic heterocycles. The first kappa shape index (κ1) is 12.7. The van der Waals surface area contributed by atoms with Crippen LogP contribution in [0.2, 0.25) is 0 Å². The van der Waals surface area contributed by atoms with E-state index < -0.39 is 0 Å². The normalized spacial score (nSPS) is 9.33. The van der Waals surface area contributed by atoms with Gasteiger partial charge >= 0.3 is 29.6 Å². The van der Waals surface area contributed by atoms with Gasteiger partial charge in [-0.1, -0.05) is 46.5 Å². The SMILES string of the molecule is CCCCCC(C)C.[H-].[Na+]. The van der Waals surface area contributed by atoms with Crippen LogP contribution < -0.4 is 29.6 Å². The van der Waals surface area contributed by atoms with Crippen LogP contribution in [-0.4, -0.2) is 0 Å². The molecular formula is C8H19Na. The molecule has 0 unspecified atom stereocenters. The third-order valence-electron chi connectivity index (χ3n) is 1.39. The number of rotatable bonds is 4. The Balaban J connectivity index is -0.000000245. The van der Waals surface area contributed by atoms with Crippen molar-refractivity contribution in [2.24, 2.45) is 5.92 Å². The van der Waals surface area contributed by atoms with Crippen LogP contribution in [0.3, 0.4) is 0 Å². The first-order valence-corrected chi connectivity index (χ1v) is 3.77. The van der Waals surface area contributed by atoms with Gasteiger partial charge in [-0.2, -0.15) is 0 Å². The minimum atomic E-state index is 0. The van der Waals surface area contributed by atoms with Gasteiger partial charge in [-0.15, -0.1) is 0 Å². The fourth-order valence-corrected chi connectivity index (χ4v) is 0.803. The van der Waals surface area contributed by atoms with Gasteiger partial charge in [0.2, 0.25) is 0 Å². The van der Waals surface area contributed by atoms with Crippen molar-refractivity contribution >= 4 is 0 Å². The van der Waals surface area contributed by atoms with Crippen LogP contribution in [0.4, 0.5) is 0 Å². The fourth-order valence-electron chi connectivity index (χ4n) is 0.803. The second-order valence-electron chi connectivity index (χ2n) is 2.89. The van der Waals surface area contributed by atoms with E-state index in [1.807, 2.05) is 0 Å². The van der Waals surface area contributed by atoms with E-state index in [4.69, 9.17) is 0 Å². The van der Waals surface area contributed by atoms with Gasteiger partial charge in [0.05, 0.1) is 0 Å². The second-order valence-corrected chi connectivity index (χ2v) is 2.89. The largest absolute Gasteiger partial charge is 1.00 e. The Morgan fingerprint density at radius 2 is 1.78 bits per heavy atom. The van der Waals surface area contributed by atoms with E-state index >= 15 is 0 Å². The Hall–Kier alpha value is 1.00. The van der Waals surface area contributed by atoms with Crippen molar-refractivity contribution in [3.63, 3.8) is 0 Å². The summed E-state index contributed by atoms with van der Waals surface area (Å²) in [5.41, 5.74) is 0. The van der Waals surface area contributed by atoms with Crippen molar-refractivity contribution < 1.29 is 31.0 Å². The van der Waals surface area contributed by atoms with E-state index in [2.05, 4.69) is 20.8 Å². The maximum absolute atomic E-state index is 2.29. The molecule has 0 saturated heterocycles. The van der Waals surface area contributed by atoms with Crippen molar-refractivity contribution in [3.05, 3.63) is 0 Å². The predicted molar refractivity (Wildman–Crippen MR) is 40.1 cm³/mol. The number of unbranched alkanes of at least 4 members (excludes halogenated alkanes) is 2. The van der Waals surface area contributed by atoms with Gasteiger partial charge in [-0.3, -0.25) is 0 Å². The summed E-state index contributed by atoms with van der Waals surface area (Å²) in [5.74, 6) is 0.904. The summed E-state index contributed by atoms with van der Waals surface area (Å²) in [6, 6.07) is 0. The number of hydrogen-bond acceptors (Lipinski definition) is 0. The van der Waals surface area contributed by atoms with Crippen LogP contribution in [0, 0.1) is 5.92 Å². The standard InChI is InChI=1S/C8H18.Na.H/c1-4-5-6-7-8(2)3;;/h8H,4-7H2,1-3H3;;/q;+1;-1. The second kappa shape index (κ2) is 9.00. The monoisotopic (exact) mass is 138 g/mol. The van der Waals surface area contributed by atoms with Gasteiger partial charge in [0.1, 0.15) is 0 Å². The van der Waals surface area contributed by atoms with Gasteiger partial charge in [0.15, 0.2) is 0 Å². The van der Waals surface area contributed by atoms with Crippen molar-refractivity contribution in [2.75, 3.05) is 0 Å². The van der Waals surface area contributed by atoms with Crippen LogP contribution >= 0.6 is 0 Å². The molecule has 0 heterocycles.